The van der Waals surface area contributed by atoms with Gasteiger partial charge in [-0.15, -0.1) is 0 Å². The van der Waals surface area contributed by atoms with E-state index in [-0.39, 0.29) is 5.91 Å². The first-order valence-corrected chi connectivity index (χ1v) is 6.87. The Morgan fingerprint density at radius 2 is 2.18 bits per heavy atom. The third kappa shape index (κ3) is 4.81. The SMILES string of the molecule is CC(C)C[C@H](N)C(=O)Nc1ccc(Cl)cc1I. The molecule has 1 aromatic rings. The van der Waals surface area contributed by atoms with Crippen molar-refractivity contribution in [2.24, 2.45) is 11.7 Å². The van der Waals surface area contributed by atoms with E-state index in [0.717, 1.165) is 9.26 Å². The van der Waals surface area contributed by atoms with Crippen LogP contribution in [0, 0.1) is 9.49 Å². The zero-order valence-electron chi connectivity index (χ0n) is 9.84. The van der Waals surface area contributed by atoms with Crippen molar-refractivity contribution >= 4 is 45.8 Å². The molecule has 0 bridgehead atoms. The molecule has 1 aromatic carbocycles. The van der Waals surface area contributed by atoms with Gasteiger partial charge in [0.2, 0.25) is 5.91 Å². The number of carbonyl (C=O) groups is 1. The number of hydrogen-bond donors (Lipinski definition) is 2. The van der Waals surface area contributed by atoms with Crippen LogP contribution in [-0.2, 0) is 4.79 Å². The topological polar surface area (TPSA) is 55.1 Å². The maximum atomic E-state index is 11.8. The highest BCUT2D eigenvalue weighted by atomic mass is 127. The summed E-state index contributed by atoms with van der Waals surface area (Å²) in [4.78, 5) is 11.8. The third-order valence-corrected chi connectivity index (χ3v) is 3.38. The monoisotopic (exact) mass is 366 g/mol. The highest BCUT2D eigenvalue weighted by Gasteiger charge is 2.15. The molecule has 1 amide bonds. The smallest absolute Gasteiger partial charge is 0.241 e. The average molecular weight is 367 g/mol. The molecule has 0 spiro atoms. The number of carbonyl (C=O) groups excluding carboxylic acids is 1. The van der Waals surface area contributed by atoms with Crippen LogP contribution in [-0.4, -0.2) is 11.9 Å². The highest BCUT2D eigenvalue weighted by Crippen LogP contribution is 2.22. The molecule has 0 radical (unpaired) electrons. The van der Waals surface area contributed by atoms with Gasteiger partial charge in [-0.05, 0) is 53.1 Å². The summed E-state index contributed by atoms with van der Waals surface area (Å²) in [6.07, 6.45) is 0.677. The molecule has 0 fully saturated rings. The van der Waals surface area contributed by atoms with Crippen molar-refractivity contribution in [1.29, 1.82) is 0 Å². The van der Waals surface area contributed by atoms with E-state index < -0.39 is 6.04 Å². The molecule has 94 valence electrons. The maximum Gasteiger partial charge on any atom is 0.241 e. The van der Waals surface area contributed by atoms with Gasteiger partial charge in [0.25, 0.3) is 0 Å². The van der Waals surface area contributed by atoms with Crippen LogP contribution in [0.1, 0.15) is 20.3 Å². The number of halogens is 2. The molecule has 5 heteroatoms. The first kappa shape index (κ1) is 14.7. The average Bonchev–Trinajstić information content (AvgIpc) is 2.21. The fourth-order valence-electron chi connectivity index (χ4n) is 1.43. The molecule has 3 N–H and O–H groups in total. The molecule has 0 saturated carbocycles. The molecular formula is C12H16ClIN2O. The van der Waals surface area contributed by atoms with Crippen LogP contribution in [0.25, 0.3) is 0 Å². The standard InChI is InChI=1S/C12H16ClIN2O/c1-7(2)5-10(15)12(17)16-11-4-3-8(13)6-9(11)14/h3-4,6-7,10H,5,15H2,1-2H3,(H,16,17)/t10-/m0/s1. The molecule has 0 saturated heterocycles. The lowest BCUT2D eigenvalue weighted by Gasteiger charge is -2.15. The Kier molecular flexibility index (Phi) is 5.69. The van der Waals surface area contributed by atoms with Gasteiger partial charge < -0.3 is 11.1 Å². The molecule has 0 heterocycles. The van der Waals surface area contributed by atoms with Crippen LogP contribution in [0.15, 0.2) is 18.2 Å². The minimum absolute atomic E-state index is 0.154. The quantitative estimate of drug-likeness (QED) is 0.804. The van der Waals surface area contributed by atoms with Gasteiger partial charge in [-0.2, -0.15) is 0 Å². The zero-order chi connectivity index (χ0) is 13.0. The van der Waals surface area contributed by atoms with Crippen molar-refractivity contribution in [1.82, 2.24) is 0 Å². The largest absolute Gasteiger partial charge is 0.324 e. The van der Waals surface area contributed by atoms with Gasteiger partial charge in [0.15, 0.2) is 0 Å². The summed E-state index contributed by atoms with van der Waals surface area (Å²) in [5, 5.41) is 3.46. The molecule has 3 nitrogen and oxygen atoms in total. The van der Waals surface area contributed by atoms with E-state index in [1.165, 1.54) is 0 Å². The molecule has 0 aromatic heterocycles. The molecule has 17 heavy (non-hydrogen) atoms. The van der Waals surface area contributed by atoms with Crippen LogP contribution >= 0.6 is 34.2 Å². The fraction of sp³-hybridized carbons (Fsp3) is 0.417. The van der Waals surface area contributed by atoms with E-state index in [0.29, 0.717) is 17.4 Å². The Labute approximate surface area is 120 Å². The Morgan fingerprint density at radius 3 is 2.71 bits per heavy atom. The van der Waals surface area contributed by atoms with Crippen LogP contribution in [0.5, 0.6) is 0 Å². The van der Waals surface area contributed by atoms with Crippen LogP contribution < -0.4 is 11.1 Å². The number of hydrogen-bond acceptors (Lipinski definition) is 2. The minimum Gasteiger partial charge on any atom is -0.324 e. The fourth-order valence-corrected chi connectivity index (χ4v) is 2.44. The van der Waals surface area contributed by atoms with E-state index in [4.69, 9.17) is 17.3 Å². The lowest BCUT2D eigenvalue weighted by Crippen LogP contribution is -2.36. The highest BCUT2D eigenvalue weighted by molar-refractivity contribution is 14.1. The molecular weight excluding hydrogens is 351 g/mol. The summed E-state index contributed by atoms with van der Waals surface area (Å²) in [6.45, 7) is 4.08. The summed E-state index contributed by atoms with van der Waals surface area (Å²) >= 11 is 7.97. The van der Waals surface area contributed by atoms with Gasteiger partial charge in [-0.25, -0.2) is 0 Å². The number of nitrogens with one attached hydrogen (secondary N) is 1. The lowest BCUT2D eigenvalue weighted by molar-refractivity contribution is -0.117. The Balaban J connectivity index is 2.67. The van der Waals surface area contributed by atoms with Crippen molar-refractivity contribution in [2.75, 3.05) is 5.32 Å². The lowest BCUT2D eigenvalue weighted by atomic mass is 10.0. The summed E-state index contributed by atoms with van der Waals surface area (Å²) in [6, 6.07) is 4.85. The van der Waals surface area contributed by atoms with Crippen LogP contribution in [0.2, 0.25) is 5.02 Å². The van der Waals surface area contributed by atoms with Gasteiger partial charge in [0, 0.05) is 8.59 Å². The molecule has 0 aliphatic carbocycles. The van der Waals surface area contributed by atoms with Crippen molar-refractivity contribution < 1.29 is 4.79 Å². The third-order valence-electron chi connectivity index (χ3n) is 2.25. The second-order valence-electron chi connectivity index (χ2n) is 4.35. The van der Waals surface area contributed by atoms with Crippen molar-refractivity contribution in [3.05, 3.63) is 26.8 Å². The molecule has 0 aliphatic rings. The van der Waals surface area contributed by atoms with Crippen LogP contribution in [0.3, 0.4) is 0 Å². The van der Waals surface area contributed by atoms with E-state index in [2.05, 4.69) is 27.9 Å². The van der Waals surface area contributed by atoms with E-state index >= 15 is 0 Å². The molecule has 0 unspecified atom stereocenters. The number of anilines is 1. The van der Waals surface area contributed by atoms with E-state index in [1.54, 1.807) is 18.2 Å². The van der Waals surface area contributed by atoms with Crippen molar-refractivity contribution in [3.63, 3.8) is 0 Å². The first-order valence-electron chi connectivity index (χ1n) is 5.41. The van der Waals surface area contributed by atoms with Gasteiger partial charge >= 0.3 is 0 Å². The maximum absolute atomic E-state index is 11.8. The molecule has 0 aliphatic heterocycles. The van der Waals surface area contributed by atoms with Gasteiger partial charge in [0.05, 0.1) is 11.7 Å². The predicted octanol–water partition coefficient (Wildman–Crippen LogP) is 3.26. The number of amides is 1. The Morgan fingerprint density at radius 1 is 1.53 bits per heavy atom. The summed E-state index contributed by atoms with van der Waals surface area (Å²) in [5.74, 6) is 0.249. The van der Waals surface area contributed by atoms with Crippen molar-refractivity contribution in [2.45, 2.75) is 26.3 Å². The van der Waals surface area contributed by atoms with Gasteiger partial charge in [-0.1, -0.05) is 25.4 Å². The van der Waals surface area contributed by atoms with Crippen LogP contribution in [0.4, 0.5) is 5.69 Å². The Bertz CT molecular complexity index is 409. The summed E-state index contributed by atoms with van der Waals surface area (Å²) < 4.78 is 0.903. The first-order chi connectivity index (χ1) is 7.90. The number of nitrogens with two attached hydrogens (primary N) is 1. The predicted molar refractivity (Wildman–Crippen MR) is 80.2 cm³/mol. The normalized spacial score (nSPS) is 12.6. The van der Waals surface area contributed by atoms with E-state index in [1.807, 2.05) is 13.8 Å². The van der Waals surface area contributed by atoms with E-state index in [9.17, 15) is 4.79 Å². The molecule has 1 rings (SSSR count). The summed E-state index contributed by atoms with van der Waals surface area (Å²) in [5.41, 5.74) is 6.55. The zero-order valence-corrected chi connectivity index (χ0v) is 12.7. The molecule has 1 atom stereocenters. The number of rotatable bonds is 4. The Hall–Kier alpha value is -0.330. The number of benzene rings is 1. The van der Waals surface area contributed by atoms with Gasteiger partial charge in [0.1, 0.15) is 0 Å². The second-order valence-corrected chi connectivity index (χ2v) is 5.95. The summed E-state index contributed by atoms with van der Waals surface area (Å²) in [7, 11) is 0. The minimum atomic E-state index is -0.471. The van der Waals surface area contributed by atoms with Gasteiger partial charge in [-0.3, -0.25) is 4.79 Å². The van der Waals surface area contributed by atoms with Crippen molar-refractivity contribution in [3.8, 4) is 0 Å². The second kappa shape index (κ2) is 6.56.